The molecular weight excluding hydrogens is 281 g/mol. The van der Waals surface area contributed by atoms with E-state index in [2.05, 4.69) is 32.8 Å². The molecule has 0 fully saturated rings. The van der Waals surface area contributed by atoms with Crippen molar-refractivity contribution in [2.24, 2.45) is 0 Å². The number of benzene rings is 1. The summed E-state index contributed by atoms with van der Waals surface area (Å²) in [5, 5.41) is 7.71. The maximum Gasteiger partial charge on any atom is 0.154 e. The molecule has 0 bridgehead atoms. The van der Waals surface area contributed by atoms with Gasteiger partial charge in [-0.25, -0.2) is 0 Å². The zero-order valence-electron chi connectivity index (χ0n) is 6.97. The highest BCUT2D eigenvalue weighted by Gasteiger charge is 2.10. The van der Waals surface area contributed by atoms with Crippen molar-refractivity contribution in [3.63, 3.8) is 0 Å². The molecule has 5 heteroatoms. The van der Waals surface area contributed by atoms with Crippen molar-refractivity contribution in [3.05, 3.63) is 15.7 Å². The first-order valence-corrected chi connectivity index (χ1v) is 4.78. The molecule has 0 aliphatic heterocycles. The van der Waals surface area contributed by atoms with Gasteiger partial charge < -0.3 is 10.5 Å². The molecule has 0 atom stereocenters. The Morgan fingerprint density at radius 3 is 3.00 bits per heavy atom. The van der Waals surface area contributed by atoms with Crippen LogP contribution in [0.25, 0.3) is 10.9 Å². The number of aromatic nitrogens is 2. The molecule has 2 rings (SSSR count). The van der Waals surface area contributed by atoms with E-state index in [1.807, 2.05) is 12.1 Å². The minimum absolute atomic E-state index is 0.512. The maximum absolute atomic E-state index is 5.70. The molecule has 0 radical (unpaired) electrons. The fourth-order valence-electron chi connectivity index (χ4n) is 1.26. The van der Waals surface area contributed by atoms with E-state index < -0.39 is 0 Å². The molecule has 2 aromatic rings. The largest absolute Gasteiger partial charge is 0.494 e. The highest BCUT2D eigenvalue weighted by molar-refractivity contribution is 14.1. The van der Waals surface area contributed by atoms with Crippen LogP contribution >= 0.6 is 22.6 Å². The van der Waals surface area contributed by atoms with Gasteiger partial charge in [-0.2, -0.15) is 5.10 Å². The van der Waals surface area contributed by atoms with Crippen molar-refractivity contribution >= 4 is 39.3 Å². The number of hydrogen-bond acceptors (Lipinski definition) is 3. The molecule has 1 heterocycles. The number of nitrogens with zero attached hydrogens (tertiary/aromatic N) is 1. The molecule has 3 N–H and O–H groups in total. The lowest BCUT2D eigenvalue weighted by Gasteiger charge is -2.01. The van der Waals surface area contributed by atoms with Crippen molar-refractivity contribution in [2.45, 2.75) is 0 Å². The lowest BCUT2D eigenvalue weighted by molar-refractivity contribution is 0.418. The molecule has 1 aromatic carbocycles. The quantitative estimate of drug-likeness (QED) is 0.786. The number of rotatable bonds is 1. The fourth-order valence-corrected chi connectivity index (χ4v) is 1.99. The Morgan fingerprint density at radius 2 is 2.31 bits per heavy atom. The summed E-state index contributed by atoms with van der Waals surface area (Å²) in [7, 11) is 1.62. The number of ether oxygens (including phenoxy) is 1. The average molecular weight is 289 g/mol. The van der Waals surface area contributed by atoms with Gasteiger partial charge in [0.15, 0.2) is 5.82 Å². The van der Waals surface area contributed by atoms with Gasteiger partial charge >= 0.3 is 0 Å². The third kappa shape index (κ3) is 1.23. The molecule has 0 unspecified atom stereocenters. The number of aromatic amines is 1. The maximum atomic E-state index is 5.70. The number of methoxy groups -OCH3 is 1. The van der Waals surface area contributed by atoms with E-state index in [-0.39, 0.29) is 0 Å². The summed E-state index contributed by atoms with van der Waals surface area (Å²) >= 11 is 2.22. The van der Waals surface area contributed by atoms with Crippen molar-refractivity contribution in [2.75, 3.05) is 12.8 Å². The van der Waals surface area contributed by atoms with Crippen LogP contribution in [0.5, 0.6) is 5.75 Å². The minimum atomic E-state index is 0.512. The van der Waals surface area contributed by atoms with E-state index in [4.69, 9.17) is 10.5 Å². The van der Waals surface area contributed by atoms with Crippen LogP contribution in [0.1, 0.15) is 0 Å². The Balaban J connectivity index is 2.87. The Bertz CT molecular complexity index is 452. The zero-order valence-corrected chi connectivity index (χ0v) is 9.12. The Kier molecular flexibility index (Phi) is 2.03. The number of hydrogen-bond donors (Lipinski definition) is 2. The normalized spacial score (nSPS) is 10.6. The minimum Gasteiger partial charge on any atom is -0.494 e. The molecule has 1 aromatic heterocycles. The first-order chi connectivity index (χ1) is 6.24. The fraction of sp³-hybridized carbons (Fsp3) is 0.125. The average Bonchev–Trinajstić information content (AvgIpc) is 2.50. The molecule has 0 spiro atoms. The molecule has 0 aliphatic rings. The highest BCUT2D eigenvalue weighted by atomic mass is 127. The van der Waals surface area contributed by atoms with Crippen LogP contribution < -0.4 is 10.5 Å². The number of nitrogens with one attached hydrogen (secondary N) is 1. The van der Waals surface area contributed by atoms with Gasteiger partial charge in [0, 0.05) is 3.57 Å². The number of nitrogens with two attached hydrogens (primary N) is 1. The van der Waals surface area contributed by atoms with E-state index >= 15 is 0 Å². The van der Waals surface area contributed by atoms with Crippen molar-refractivity contribution < 1.29 is 4.74 Å². The summed E-state index contributed by atoms with van der Waals surface area (Å²) in [5.74, 6) is 1.28. The Hall–Kier alpha value is -0.980. The summed E-state index contributed by atoms with van der Waals surface area (Å²) in [6.07, 6.45) is 0. The number of nitrogen functional groups attached to an aromatic ring is 1. The molecule has 4 nitrogen and oxygen atoms in total. The van der Waals surface area contributed by atoms with Gasteiger partial charge in [0.05, 0.1) is 12.5 Å². The van der Waals surface area contributed by atoms with Gasteiger partial charge in [-0.1, -0.05) is 0 Å². The summed E-state index contributed by atoms with van der Waals surface area (Å²) in [6, 6.07) is 3.84. The topological polar surface area (TPSA) is 63.9 Å². The standard InChI is InChI=1S/C8H8IN3O/c1-13-5-3-2-4(9)6-7(5)11-12-8(6)10/h2-3H,1H3,(H3,10,11,12). The zero-order chi connectivity index (χ0) is 9.42. The van der Waals surface area contributed by atoms with Gasteiger partial charge in [-0.15, -0.1) is 0 Å². The third-order valence-corrected chi connectivity index (χ3v) is 2.78. The lowest BCUT2D eigenvalue weighted by atomic mass is 10.2. The summed E-state index contributed by atoms with van der Waals surface area (Å²) < 4.78 is 6.23. The van der Waals surface area contributed by atoms with E-state index in [1.54, 1.807) is 7.11 Å². The van der Waals surface area contributed by atoms with Crippen LogP contribution in [0.3, 0.4) is 0 Å². The van der Waals surface area contributed by atoms with Gasteiger partial charge in [0.25, 0.3) is 0 Å². The van der Waals surface area contributed by atoms with Crippen molar-refractivity contribution in [1.29, 1.82) is 0 Å². The smallest absolute Gasteiger partial charge is 0.154 e. The number of halogens is 1. The Labute approximate surface area is 88.6 Å². The van der Waals surface area contributed by atoms with Gasteiger partial charge in [0.2, 0.25) is 0 Å². The summed E-state index contributed by atoms with van der Waals surface area (Å²) in [6.45, 7) is 0. The van der Waals surface area contributed by atoms with Gasteiger partial charge in [-0.3, -0.25) is 5.10 Å². The van der Waals surface area contributed by atoms with Crippen LogP contribution in [0.4, 0.5) is 5.82 Å². The second-order valence-corrected chi connectivity index (χ2v) is 3.77. The van der Waals surface area contributed by atoms with Crippen LogP contribution in [0, 0.1) is 3.57 Å². The van der Waals surface area contributed by atoms with Crippen LogP contribution in [0.2, 0.25) is 0 Å². The third-order valence-electron chi connectivity index (χ3n) is 1.88. The second-order valence-electron chi connectivity index (χ2n) is 2.61. The summed E-state index contributed by atoms with van der Waals surface area (Å²) in [5.41, 5.74) is 6.55. The number of fused-ring (bicyclic) bond motifs is 1. The Morgan fingerprint density at radius 1 is 1.54 bits per heavy atom. The predicted octanol–water partition coefficient (Wildman–Crippen LogP) is 1.76. The van der Waals surface area contributed by atoms with E-state index in [0.717, 1.165) is 20.2 Å². The molecule has 68 valence electrons. The molecular formula is C8H8IN3O. The molecule has 0 saturated carbocycles. The van der Waals surface area contributed by atoms with Gasteiger partial charge in [-0.05, 0) is 34.7 Å². The van der Waals surface area contributed by atoms with Gasteiger partial charge in [0.1, 0.15) is 11.3 Å². The monoisotopic (exact) mass is 289 g/mol. The first kappa shape index (κ1) is 8.61. The van der Waals surface area contributed by atoms with E-state index in [1.165, 1.54) is 0 Å². The predicted molar refractivity (Wildman–Crippen MR) is 59.8 cm³/mol. The second kappa shape index (κ2) is 3.06. The van der Waals surface area contributed by atoms with Crippen LogP contribution in [-0.4, -0.2) is 17.3 Å². The highest BCUT2D eigenvalue weighted by Crippen LogP contribution is 2.30. The molecule has 0 saturated heterocycles. The lowest BCUT2D eigenvalue weighted by Crippen LogP contribution is -1.87. The SMILES string of the molecule is COc1ccc(I)c2c(N)n[nH]c12. The number of H-pyrrole nitrogens is 1. The number of anilines is 1. The first-order valence-electron chi connectivity index (χ1n) is 3.70. The molecule has 0 amide bonds. The van der Waals surface area contributed by atoms with Crippen LogP contribution in [-0.2, 0) is 0 Å². The van der Waals surface area contributed by atoms with E-state index in [0.29, 0.717) is 5.82 Å². The molecule has 0 aliphatic carbocycles. The van der Waals surface area contributed by atoms with Crippen molar-refractivity contribution in [1.82, 2.24) is 10.2 Å². The van der Waals surface area contributed by atoms with E-state index in [9.17, 15) is 0 Å². The summed E-state index contributed by atoms with van der Waals surface area (Å²) in [4.78, 5) is 0. The molecule has 13 heavy (non-hydrogen) atoms. The van der Waals surface area contributed by atoms with Crippen LogP contribution in [0.15, 0.2) is 12.1 Å². The van der Waals surface area contributed by atoms with Crippen molar-refractivity contribution in [3.8, 4) is 5.75 Å².